The number of carbonyl (C=O) groups is 1. The number of sulfone groups is 1. The number of ether oxygens (including phenoxy) is 3. The van der Waals surface area contributed by atoms with Gasteiger partial charge in [0, 0.05) is 112 Å². The van der Waals surface area contributed by atoms with E-state index in [0.29, 0.717) is 87.3 Å². The smallest absolute Gasteiger partial charge is 0.241 e. The van der Waals surface area contributed by atoms with Gasteiger partial charge < -0.3 is 34.6 Å². The van der Waals surface area contributed by atoms with Crippen molar-refractivity contribution in [2.75, 3.05) is 108 Å². The van der Waals surface area contributed by atoms with E-state index < -0.39 is 14.6 Å². The first-order chi connectivity index (χ1) is 38.2. The number of aromatic nitrogens is 5. The summed E-state index contributed by atoms with van der Waals surface area (Å²) < 4.78 is 59.4. The average Bonchev–Trinajstić information content (AvgIpc) is 3.92. The van der Waals surface area contributed by atoms with Gasteiger partial charge in [0.2, 0.25) is 11.9 Å². The number of allylic oxidation sites excluding steroid dienone is 1. The molecule has 8 heterocycles. The molecule has 5 aromatic rings. The largest absolute Gasteiger partial charge is 0.492 e. The minimum absolute atomic E-state index is 0.0663. The molecular formula is C59H78FN13O6S. The number of pyridine rings is 1. The number of fused-ring (bicyclic) bond motifs is 2. The average molecular weight is 1120 g/mol. The number of rotatable bonds is 17. The second-order valence-electron chi connectivity index (χ2n) is 23.9. The van der Waals surface area contributed by atoms with Crippen molar-refractivity contribution in [2.24, 2.45) is 4.99 Å². The van der Waals surface area contributed by atoms with Crippen molar-refractivity contribution in [2.45, 2.75) is 114 Å². The number of carbonyl (C=O) groups excluding carboxylic acids is 1. The van der Waals surface area contributed by atoms with Gasteiger partial charge in [0.25, 0.3) is 0 Å². The van der Waals surface area contributed by atoms with Crippen LogP contribution in [-0.2, 0) is 31.2 Å². The van der Waals surface area contributed by atoms with Gasteiger partial charge >= 0.3 is 0 Å². The van der Waals surface area contributed by atoms with Crippen molar-refractivity contribution in [3.8, 4) is 11.5 Å². The molecule has 4 atom stereocenters. The Morgan fingerprint density at radius 2 is 1.69 bits per heavy atom. The Morgan fingerprint density at radius 1 is 0.925 bits per heavy atom. The van der Waals surface area contributed by atoms with E-state index in [1.165, 1.54) is 18.5 Å². The third-order valence-corrected chi connectivity index (χ3v) is 18.8. The van der Waals surface area contributed by atoms with Gasteiger partial charge in [-0.1, -0.05) is 26.0 Å². The van der Waals surface area contributed by atoms with Crippen molar-refractivity contribution in [1.29, 1.82) is 0 Å². The topological polar surface area (TPSA) is 196 Å². The molecule has 5 aliphatic rings. The molecule has 0 radical (unpaired) electrons. The number of amides is 1. The summed E-state index contributed by atoms with van der Waals surface area (Å²) in [5.74, 6) is 1.73. The van der Waals surface area contributed by atoms with Gasteiger partial charge in [-0.2, -0.15) is 0 Å². The van der Waals surface area contributed by atoms with E-state index in [2.05, 4.69) is 74.0 Å². The molecule has 2 N–H and O–H groups in total. The van der Waals surface area contributed by atoms with Crippen LogP contribution in [0.5, 0.6) is 11.5 Å². The van der Waals surface area contributed by atoms with E-state index in [9.17, 15) is 17.6 Å². The minimum Gasteiger partial charge on any atom is -0.492 e. The highest BCUT2D eigenvalue weighted by Crippen LogP contribution is 2.41. The van der Waals surface area contributed by atoms with E-state index in [1.54, 1.807) is 57.4 Å². The van der Waals surface area contributed by atoms with Gasteiger partial charge in [-0.3, -0.25) is 24.5 Å². The number of benzene rings is 2. The summed E-state index contributed by atoms with van der Waals surface area (Å²) in [6.07, 6.45) is 7.95. The summed E-state index contributed by atoms with van der Waals surface area (Å²) in [5, 5.41) is 7.53. The normalized spacial score (nSPS) is 22.8. The van der Waals surface area contributed by atoms with Gasteiger partial charge in [0.1, 0.15) is 35.5 Å². The Kier molecular flexibility index (Phi) is 16.9. The van der Waals surface area contributed by atoms with Crippen LogP contribution >= 0.6 is 0 Å². The molecule has 428 valence electrons. The number of nitrogens with one attached hydrogen (secondary N) is 2. The third-order valence-electron chi connectivity index (χ3n) is 16.3. The Labute approximate surface area is 470 Å². The number of anilines is 2. The quantitative estimate of drug-likeness (QED) is 0.101. The summed E-state index contributed by atoms with van der Waals surface area (Å²) in [6, 6.07) is 12.5. The summed E-state index contributed by atoms with van der Waals surface area (Å²) in [6.45, 7) is 27.3. The molecule has 1 amide bonds. The molecule has 21 heteroatoms. The lowest BCUT2D eigenvalue weighted by Crippen LogP contribution is -2.63. The number of aliphatic imine (C=N–C) groups is 1. The van der Waals surface area contributed by atoms with Gasteiger partial charge in [0.15, 0.2) is 21.4 Å². The van der Waals surface area contributed by atoms with Crippen LogP contribution in [0.15, 0.2) is 88.5 Å². The minimum atomic E-state index is -3.81. The number of hydrogen-bond donors (Lipinski definition) is 2. The van der Waals surface area contributed by atoms with Crippen LogP contribution in [0.2, 0.25) is 0 Å². The first-order valence-electron chi connectivity index (χ1n) is 28.1. The van der Waals surface area contributed by atoms with Crippen molar-refractivity contribution < 1.29 is 31.8 Å². The summed E-state index contributed by atoms with van der Waals surface area (Å²) in [4.78, 5) is 53.8. The lowest BCUT2D eigenvalue weighted by Gasteiger charge is -2.45. The first-order valence-corrected chi connectivity index (χ1v) is 29.6. The van der Waals surface area contributed by atoms with Crippen LogP contribution in [0.1, 0.15) is 85.6 Å². The zero-order valence-electron chi connectivity index (χ0n) is 47.8. The second kappa shape index (κ2) is 23.7. The Balaban J connectivity index is 0.688. The summed E-state index contributed by atoms with van der Waals surface area (Å²) >= 11 is 0. The monoisotopic (exact) mass is 1120 g/mol. The van der Waals surface area contributed by atoms with Gasteiger partial charge in [-0.05, 0) is 102 Å². The molecule has 3 aromatic heterocycles. The molecule has 3 fully saturated rings. The fraction of sp³-hybridized carbons (Fsp3) is 0.542. The fourth-order valence-corrected chi connectivity index (χ4v) is 12.5. The predicted molar refractivity (Wildman–Crippen MR) is 309 cm³/mol. The fourth-order valence-electron chi connectivity index (χ4n) is 11.2. The Morgan fingerprint density at radius 3 is 2.41 bits per heavy atom. The first kappa shape index (κ1) is 57.0. The van der Waals surface area contributed by atoms with E-state index >= 15 is 0 Å². The molecular weight excluding hydrogens is 1040 g/mol. The number of morpholine rings is 1. The lowest BCUT2D eigenvalue weighted by molar-refractivity contribution is -0.121. The maximum Gasteiger partial charge on any atom is 0.241 e. The van der Waals surface area contributed by atoms with E-state index in [4.69, 9.17) is 34.2 Å². The number of hydrogen-bond acceptors (Lipinski definition) is 18. The molecule has 0 unspecified atom stereocenters. The Hall–Kier alpha value is -6.23. The van der Waals surface area contributed by atoms with Crippen molar-refractivity contribution in [1.82, 2.24) is 50.3 Å². The molecule has 0 aliphatic carbocycles. The highest BCUT2D eigenvalue weighted by atomic mass is 32.2. The molecule has 3 saturated heterocycles. The molecule has 0 spiro atoms. The van der Waals surface area contributed by atoms with Crippen LogP contribution in [-0.4, -0.2) is 187 Å². The number of halogens is 1. The second-order valence-corrected chi connectivity index (χ2v) is 26.6. The molecule has 5 aliphatic heterocycles. The van der Waals surface area contributed by atoms with Crippen LogP contribution in [0.3, 0.4) is 0 Å². The molecule has 19 nitrogen and oxygen atoms in total. The SMILES string of the molecule is CC1=C(C)C(=Nc2ncnc3cc(OCCCN4CCN(c5ncc(OC[C@H]6CN(C[C@H]7CN[C@H](C)CN7CC(=O)N7CC(C)(C)c8ncc(Cc9ccc(F)cc9)cc87)[C@H](C)CO6)cn5)CC4)c(S(=O)(=O)C(C)(C)C)cc23)CN1. The zero-order valence-corrected chi connectivity index (χ0v) is 48.7. The lowest BCUT2D eigenvalue weighted by atomic mass is 9.91. The van der Waals surface area contributed by atoms with Crippen LogP contribution in [0.25, 0.3) is 10.9 Å². The van der Waals surface area contributed by atoms with E-state index in [-0.39, 0.29) is 52.0 Å². The predicted octanol–water partition coefficient (Wildman–Crippen LogP) is 6.13. The zero-order chi connectivity index (χ0) is 56.5. The van der Waals surface area contributed by atoms with Crippen LogP contribution in [0, 0.1) is 5.82 Å². The van der Waals surface area contributed by atoms with E-state index in [0.717, 1.165) is 91.8 Å². The standard InChI is InChI=1S/C59H78FN13O6S/c1-38-30-72(33-54(74)73-36-59(8,9)55-51(73)22-43(25-63-55)21-42-11-13-44(60)14-12-42)45(26-61-38)31-71-32-47(78-34-39(71)2)35-79-46-27-64-57(65-28-46)70-18-16-69(17-19-70)15-10-20-77-52-24-49-48(23-53(52)80(75,76)58(5,6)7)56(67-37-66-49)68-50-29-62-41(4)40(50)3/h11-14,22-25,27-28,37-39,45,47,61-62H,10,15-21,26,29-36H2,1-9H3/t38-,39-,45-,47-/m1/s1. The number of piperazine rings is 2. The maximum atomic E-state index is 14.4. The highest BCUT2D eigenvalue weighted by molar-refractivity contribution is 7.92. The van der Waals surface area contributed by atoms with Gasteiger partial charge in [-0.25, -0.2) is 37.7 Å². The van der Waals surface area contributed by atoms with Gasteiger partial charge in [0.05, 0.1) is 66.1 Å². The Bertz CT molecular complexity index is 3220. The molecule has 0 bridgehead atoms. The molecule has 10 rings (SSSR count). The molecule has 0 saturated carbocycles. The van der Waals surface area contributed by atoms with Crippen molar-refractivity contribution >= 4 is 49.8 Å². The van der Waals surface area contributed by atoms with Crippen molar-refractivity contribution in [3.63, 3.8) is 0 Å². The van der Waals surface area contributed by atoms with E-state index in [1.807, 2.05) is 24.9 Å². The van der Waals surface area contributed by atoms with Gasteiger partial charge in [-0.15, -0.1) is 0 Å². The maximum absolute atomic E-state index is 14.4. The summed E-state index contributed by atoms with van der Waals surface area (Å²) in [5.41, 5.74) is 6.99. The molecule has 2 aromatic carbocycles. The van der Waals surface area contributed by atoms with Crippen LogP contribution in [0.4, 0.5) is 21.8 Å². The highest BCUT2D eigenvalue weighted by Gasteiger charge is 2.42. The third kappa shape index (κ3) is 12.8. The number of nitrogens with zero attached hydrogens (tertiary/aromatic N) is 11. The molecule has 80 heavy (non-hydrogen) atoms. The summed E-state index contributed by atoms with van der Waals surface area (Å²) in [7, 11) is -3.81. The van der Waals surface area contributed by atoms with Crippen LogP contribution < -0.4 is 29.9 Å². The van der Waals surface area contributed by atoms with Crippen molar-refractivity contribution in [3.05, 3.63) is 101 Å².